The zero-order valence-electron chi connectivity index (χ0n) is 13.9. The Kier molecular flexibility index (Phi) is 7.94. The second kappa shape index (κ2) is 9.93. The molecule has 134 valence electrons. The van der Waals surface area contributed by atoms with Gasteiger partial charge in [0.25, 0.3) is 5.69 Å². The van der Waals surface area contributed by atoms with Gasteiger partial charge < -0.3 is 16.4 Å². The van der Waals surface area contributed by atoms with E-state index in [0.29, 0.717) is 5.71 Å². The molecule has 1 rings (SSSR count). The molecule has 0 aliphatic carbocycles. The lowest BCUT2D eigenvalue weighted by Gasteiger charge is -2.18. The number of aliphatic imine (C=N–C) groups is 1. The minimum atomic E-state index is -0.866. The number of hydrogen-bond acceptors (Lipinski definition) is 6. The second-order valence-corrected chi connectivity index (χ2v) is 5.17. The van der Waals surface area contributed by atoms with Gasteiger partial charge in [-0.05, 0) is 6.92 Å². The van der Waals surface area contributed by atoms with Crippen molar-refractivity contribution < 1.29 is 14.5 Å². The Morgan fingerprint density at radius 2 is 2.08 bits per heavy atom. The molecule has 2 amide bonds. The van der Waals surface area contributed by atoms with Gasteiger partial charge in [-0.15, -0.1) is 0 Å². The Morgan fingerprint density at radius 1 is 1.40 bits per heavy atom. The molecule has 0 fully saturated rings. The fraction of sp³-hybridized carbons (Fsp3) is 0.312. The van der Waals surface area contributed by atoms with Crippen LogP contribution in [-0.4, -0.2) is 35.5 Å². The highest BCUT2D eigenvalue weighted by Crippen LogP contribution is 2.26. The molecule has 0 aliphatic heterocycles. The predicted molar refractivity (Wildman–Crippen MR) is 94.0 cm³/mol. The molecule has 25 heavy (non-hydrogen) atoms. The van der Waals surface area contributed by atoms with Crippen LogP contribution in [0.3, 0.4) is 0 Å². The summed E-state index contributed by atoms with van der Waals surface area (Å²) in [5.74, 6) is -0.903. The van der Waals surface area contributed by atoms with Crippen molar-refractivity contribution in [3.05, 3.63) is 52.7 Å². The summed E-state index contributed by atoms with van der Waals surface area (Å²) >= 11 is 0. The van der Waals surface area contributed by atoms with Crippen LogP contribution >= 0.6 is 0 Å². The lowest BCUT2D eigenvalue weighted by molar-refractivity contribution is -0.385. The number of hydrogen-bond donors (Lipinski definition) is 3. The number of carbonyl (C=O) groups is 2. The van der Waals surface area contributed by atoms with Crippen LogP contribution in [0.2, 0.25) is 0 Å². The highest BCUT2D eigenvalue weighted by Gasteiger charge is 2.25. The summed E-state index contributed by atoms with van der Waals surface area (Å²) in [5.41, 5.74) is 6.00. The van der Waals surface area contributed by atoms with Crippen molar-refractivity contribution in [1.82, 2.24) is 10.6 Å². The van der Waals surface area contributed by atoms with Crippen LogP contribution in [0.5, 0.6) is 0 Å². The molecular formula is C16H21N5O4. The monoisotopic (exact) mass is 347 g/mol. The van der Waals surface area contributed by atoms with E-state index in [0.717, 1.165) is 0 Å². The molecule has 1 atom stereocenters. The molecule has 0 saturated carbocycles. The van der Waals surface area contributed by atoms with Gasteiger partial charge in [-0.2, -0.15) is 0 Å². The first-order chi connectivity index (χ1) is 11.9. The van der Waals surface area contributed by atoms with E-state index >= 15 is 0 Å². The van der Waals surface area contributed by atoms with E-state index in [9.17, 15) is 19.7 Å². The van der Waals surface area contributed by atoms with E-state index in [2.05, 4.69) is 22.2 Å². The smallest absolute Gasteiger partial charge is 0.274 e. The topological polar surface area (TPSA) is 140 Å². The van der Waals surface area contributed by atoms with Gasteiger partial charge in [-0.25, -0.2) is 0 Å². The lowest BCUT2D eigenvalue weighted by Crippen LogP contribution is -2.38. The summed E-state index contributed by atoms with van der Waals surface area (Å²) in [6.07, 6.45) is 1.19. The molecule has 1 aromatic rings. The summed E-state index contributed by atoms with van der Waals surface area (Å²) in [4.78, 5) is 38.3. The maximum absolute atomic E-state index is 12.1. The van der Waals surface area contributed by atoms with Gasteiger partial charge in [-0.3, -0.25) is 24.7 Å². The number of nitrogens with one attached hydrogen (secondary N) is 2. The Hall–Kier alpha value is -3.07. The van der Waals surface area contributed by atoms with Crippen molar-refractivity contribution in [2.75, 3.05) is 13.1 Å². The first kappa shape index (κ1) is 20.0. The molecule has 0 radical (unpaired) electrons. The molecule has 1 unspecified atom stereocenters. The molecule has 0 saturated heterocycles. The minimum absolute atomic E-state index is 0.169. The molecule has 0 aliphatic rings. The van der Waals surface area contributed by atoms with E-state index in [1.54, 1.807) is 13.0 Å². The van der Waals surface area contributed by atoms with E-state index in [1.807, 2.05) is 0 Å². The molecule has 9 nitrogen and oxygen atoms in total. The number of nitrogens with zero attached hydrogens (tertiary/aromatic N) is 2. The SMILES string of the molecule is C=C/N=C(\C)CNC(=O)CC(NC(=O)CN)c1ccccc1[N+](=O)[O-]. The molecule has 1 aromatic carbocycles. The number of para-hydroxylation sites is 1. The fourth-order valence-electron chi connectivity index (χ4n) is 2.13. The Morgan fingerprint density at radius 3 is 2.68 bits per heavy atom. The third kappa shape index (κ3) is 6.51. The zero-order chi connectivity index (χ0) is 18.8. The normalized spacial score (nSPS) is 12.2. The van der Waals surface area contributed by atoms with Crippen LogP contribution in [0, 0.1) is 10.1 Å². The molecular weight excluding hydrogens is 326 g/mol. The summed E-state index contributed by atoms with van der Waals surface area (Å²) in [6, 6.07) is 5.06. The van der Waals surface area contributed by atoms with Crippen molar-refractivity contribution in [2.24, 2.45) is 10.7 Å². The van der Waals surface area contributed by atoms with E-state index in [1.165, 1.54) is 24.4 Å². The number of carbonyl (C=O) groups excluding carboxylic acids is 2. The average molecular weight is 347 g/mol. The second-order valence-electron chi connectivity index (χ2n) is 5.17. The molecule has 0 heterocycles. The standard InChI is InChI=1S/C16H21N5O4/c1-3-18-11(2)10-19-15(22)8-13(20-16(23)9-17)12-6-4-5-7-14(12)21(24)25/h3-7,13H,1,8-10,17H2,2H3,(H,19,22)(H,20,23)/b18-11+. The Bertz CT molecular complexity index is 687. The molecule has 4 N–H and O–H groups in total. The van der Waals surface area contributed by atoms with Crippen LogP contribution in [0.15, 0.2) is 42.0 Å². The lowest BCUT2D eigenvalue weighted by atomic mass is 10.0. The molecule has 0 bridgehead atoms. The fourth-order valence-corrected chi connectivity index (χ4v) is 2.13. The third-order valence-corrected chi connectivity index (χ3v) is 3.27. The highest BCUT2D eigenvalue weighted by atomic mass is 16.6. The summed E-state index contributed by atoms with van der Waals surface area (Å²) in [6.45, 7) is 5.10. The Balaban J connectivity index is 2.96. The van der Waals surface area contributed by atoms with Gasteiger partial charge in [0.1, 0.15) is 0 Å². The van der Waals surface area contributed by atoms with Gasteiger partial charge >= 0.3 is 0 Å². The van der Waals surface area contributed by atoms with Crippen molar-refractivity contribution in [2.45, 2.75) is 19.4 Å². The zero-order valence-corrected chi connectivity index (χ0v) is 13.9. The van der Waals surface area contributed by atoms with Gasteiger partial charge in [0.15, 0.2) is 0 Å². The predicted octanol–water partition coefficient (Wildman–Crippen LogP) is 0.822. The van der Waals surface area contributed by atoms with E-state index < -0.39 is 16.9 Å². The first-order valence-electron chi connectivity index (χ1n) is 7.52. The third-order valence-electron chi connectivity index (χ3n) is 3.27. The maximum Gasteiger partial charge on any atom is 0.274 e. The minimum Gasteiger partial charge on any atom is -0.351 e. The van der Waals surface area contributed by atoms with Gasteiger partial charge in [0, 0.05) is 18.0 Å². The van der Waals surface area contributed by atoms with Crippen LogP contribution in [0.4, 0.5) is 5.69 Å². The Labute approximate surface area is 145 Å². The number of amides is 2. The van der Waals surface area contributed by atoms with Crippen molar-refractivity contribution in [3.8, 4) is 0 Å². The van der Waals surface area contributed by atoms with Crippen LogP contribution < -0.4 is 16.4 Å². The van der Waals surface area contributed by atoms with Crippen LogP contribution in [0.1, 0.15) is 24.9 Å². The summed E-state index contributed by atoms with van der Waals surface area (Å²) < 4.78 is 0. The highest BCUT2D eigenvalue weighted by molar-refractivity contribution is 5.89. The quantitative estimate of drug-likeness (QED) is 0.345. The van der Waals surface area contributed by atoms with Crippen molar-refractivity contribution in [3.63, 3.8) is 0 Å². The molecule has 0 aromatic heterocycles. The van der Waals surface area contributed by atoms with Gasteiger partial charge in [-0.1, -0.05) is 24.8 Å². The number of benzene rings is 1. The van der Waals surface area contributed by atoms with Gasteiger partial charge in [0.05, 0.1) is 36.0 Å². The van der Waals surface area contributed by atoms with Gasteiger partial charge in [0.2, 0.25) is 11.8 Å². The number of rotatable bonds is 9. The summed E-state index contributed by atoms with van der Waals surface area (Å²) in [7, 11) is 0. The van der Waals surface area contributed by atoms with Crippen molar-refractivity contribution in [1.29, 1.82) is 0 Å². The van der Waals surface area contributed by atoms with Crippen molar-refractivity contribution >= 4 is 23.2 Å². The maximum atomic E-state index is 12.1. The first-order valence-corrected chi connectivity index (χ1v) is 7.52. The van der Waals surface area contributed by atoms with Crippen LogP contribution in [0.25, 0.3) is 0 Å². The van der Waals surface area contributed by atoms with Crippen LogP contribution in [-0.2, 0) is 9.59 Å². The number of nitro benzene ring substituents is 1. The average Bonchev–Trinajstić information content (AvgIpc) is 2.59. The molecule has 0 spiro atoms. The number of nitro groups is 1. The molecule has 9 heteroatoms. The van der Waals surface area contributed by atoms with E-state index in [4.69, 9.17) is 5.73 Å². The summed E-state index contributed by atoms with van der Waals surface area (Å²) in [5, 5.41) is 16.4. The largest absolute Gasteiger partial charge is 0.351 e. The number of nitrogens with two attached hydrogens (primary N) is 1. The van der Waals surface area contributed by atoms with E-state index in [-0.39, 0.29) is 36.7 Å².